The van der Waals surface area contributed by atoms with Crippen LogP contribution in [0.4, 0.5) is 0 Å². The number of nitrogens with zero attached hydrogens (tertiary/aromatic N) is 1. The van der Waals surface area contributed by atoms with Gasteiger partial charge in [0.2, 0.25) is 5.91 Å². The Labute approximate surface area is 128 Å². The van der Waals surface area contributed by atoms with Gasteiger partial charge in [-0.2, -0.15) is 0 Å². The predicted octanol–water partition coefficient (Wildman–Crippen LogP) is 2.42. The van der Waals surface area contributed by atoms with Crippen LogP contribution in [0.2, 0.25) is 10.2 Å². The van der Waals surface area contributed by atoms with Gasteiger partial charge >= 0.3 is 0 Å². The van der Waals surface area contributed by atoms with Crippen LogP contribution in [0.1, 0.15) is 37.2 Å². The minimum Gasteiger partial charge on any atom is -0.354 e. The lowest BCUT2D eigenvalue weighted by atomic mass is 10.2. The zero-order chi connectivity index (χ0) is 15.1. The summed E-state index contributed by atoms with van der Waals surface area (Å²) in [7, 11) is 0. The van der Waals surface area contributed by atoms with Gasteiger partial charge in [-0.25, -0.2) is 4.98 Å². The molecule has 7 heteroatoms. The number of halogens is 2. The fourth-order valence-corrected chi connectivity index (χ4v) is 1.74. The van der Waals surface area contributed by atoms with Crippen molar-refractivity contribution < 1.29 is 9.59 Å². The van der Waals surface area contributed by atoms with Crippen LogP contribution in [-0.2, 0) is 4.79 Å². The Morgan fingerprint density at radius 3 is 2.70 bits per heavy atom. The van der Waals surface area contributed by atoms with Crippen molar-refractivity contribution in [3.8, 4) is 0 Å². The summed E-state index contributed by atoms with van der Waals surface area (Å²) in [6.45, 7) is 4.12. The van der Waals surface area contributed by atoms with E-state index < -0.39 is 5.91 Å². The van der Waals surface area contributed by atoms with Crippen LogP contribution < -0.4 is 10.6 Å². The first kappa shape index (κ1) is 16.7. The molecule has 0 saturated carbocycles. The molecule has 5 nitrogen and oxygen atoms in total. The lowest BCUT2D eigenvalue weighted by molar-refractivity contribution is -0.121. The molecule has 0 spiro atoms. The lowest BCUT2D eigenvalue weighted by Crippen LogP contribution is -2.35. The molecule has 110 valence electrons. The molecule has 1 aromatic heterocycles. The van der Waals surface area contributed by atoms with Gasteiger partial charge in [0, 0.05) is 19.0 Å². The molecule has 0 aliphatic carbocycles. The molecule has 1 aromatic rings. The second kappa shape index (κ2) is 8.07. The summed E-state index contributed by atoms with van der Waals surface area (Å²) in [5.74, 6) is -0.557. The molecule has 0 aliphatic heterocycles. The third kappa shape index (κ3) is 5.35. The first-order chi connectivity index (χ1) is 9.43. The number of amides is 2. The molecule has 1 unspecified atom stereocenters. The number of hydrogen-bond acceptors (Lipinski definition) is 3. The number of hydrogen-bond donors (Lipinski definition) is 2. The maximum atomic E-state index is 11.8. The van der Waals surface area contributed by atoms with Crippen LogP contribution in [0.5, 0.6) is 0 Å². The molecule has 1 atom stereocenters. The van der Waals surface area contributed by atoms with Crippen molar-refractivity contribution >= 4 is 35.0 Å². The van der Waals surface area contributed by atoms with Crippen molar-refractivity contribution in [2.75, 3.05) is 6.54 Å². The van der Waals surface area contributed by atoms with Crippen LogP contribution in [0, 0.1) is 0 Å². The normalized spacial score (nSPS) is 11.8. The third-order valence-corrected chi connectivity index (χ3v) is 3.20. The Kier molecular flexibility index (Phi) is 6.75. The van der Waals surface area contributed by atoms with Gasteiger partial charge in [-0.15, -0.1) is 0 Å². The zero-order valence-electron chi connectivity index (χ0n) is 11.4. The number of aromatic nitrogens is 1. The second-order valence-electron chi connectivity index (χ2n) is 4.35. The van der Waals surface area contributed by atoms with Crippen LogP contribution >= 0.6 is 23.2 Å². The van der Waals surface area contributed by atoms with E-state index in [4.69, 9.17) is 23.2 Å². The molecule has 0 fully saturated rings. The fourth-order valence-electron chi connectivity index (χ4n) is 1.40. The predicted molar refractivity (Wildman–Crippen MR) is 79.1 cm³/mol. The van der Waals surface area contributed by atoms with E-state index in [-0.39, 0.29) is 40.8 Å². The van der Waals surface area contributed by atoms with Crippen molar-refractivity contribution in [3.63, 3.8) is 0 Å². The Balaban J connectivity index is 2.44. The molecule has 1 heterocycles. The second-order valence-corrected chi connectivity index (χ2v) is 5.14. The van der Waals surface area contributed by atoms with Crippen LogP contribution in [0.25, 0.3) is 0 Å². The van der Waals surface area contributed by atoms with Crippen molar-refractivity contribution in [2.24, 2.45) is 0 Å². The number of carbonyl (C=O) groups is 2. The van der Waals surface area contributed by atoms with E-state index >= 15 is 0 Å². The van der Waals surface area contributed by atoms with Crippen LogP contribution in [-0.4, -0.2) is 29.4 Å². The minimum atomic E-state index is -0.450. The van der Waals surface area contributed by atoms with E-state index in [0.717, 1.165) is 6.42 Å². The summed E-state index contributed by atoms with van der Waals surface area (Å²) in [5, 5.41) is 5.80. The topological polar surface area (TPSA) is 71.1 Å². The van der Waals surface area contributed by atoms with Crippen molar-refractivity contribution in [1.82, 2.24) is 15.6 Å². The highest BCUT2D eigenvalue weighted by Crippen LogP contribution is 2.16. The number of rotatable bonds is 6. The lowest BCUT2D eigenvalue weighted by Gasteiger charge is -2.11. The molecule has 2 amide bonds. The van der Waals surface area contributed by atoms with Crippen molar-refractivity contribution in [3.05, 3.63) is 28.0 Å². The summed E-state index contributed by atoms with van der Waals surface area (Å²) in [5.41, 5.74) is 0.0569. The third-order valence-electron chi connectivity index (χ3n) is 2.68. The highest BCUT2D eigenvalue weighted by Gasteiger charge is 2.13. The summed E-state index contributed by atoms with van der Waals surface area (Å²) in [6.07, 6.45) is 1.06. The Morgan fingerprint density at radius 2 is 2.05 bits per heavy atom. The smallest absolute Gasteiger partial charge is 0.271 e. The quantitative estimate of drug-likeness (QED) is 0.791. The number of carbonyl (C=O) groups excluding carboxylic acids is 2. The van der Waals surface area contributed by atoms with Gasteiger partial charge in [-0.3, -0.25) is 9.59 Å². The zero-order valence-corrected chi connectivity index (χ0v) is 12.9. The van der Waals surface area contributed by atoms with Gasteiger partial charge in [-0.05, 0) is 25.5 Å². The molecule has 1 rings (SSSR count). The summed E-state index contributed by atoms with van der Waals surface area (Å²) in [6, 6.07) is 3.13. The molecule has 0 aromatic carbocycles. The van der Waals surface area contributed by atoms with E-state index in [2.05, 4.69) is 15.6 Å². The fraction of sp³-hybridized carbons (Fsp3) is 0.462. The molecule has 0 bridgehead atoms. The highest BCUT2D eigenvalue weighted by molar-refractivity contribution is 6.34. The molecular formula is C13H17Cl2N3O2. The first-order valence-corrected chi connectivity index (χ1v) is 7.09. The SMILES string of the molecule is CCC(C)NC(=O)CCNC(=O)c1nc(Cl)ccc1Cl. The summed E-state index contributed by atoms with van der Waals surface area (Å²) < 4.78 is 0. The van der Waals surface area contributed by atoms with Crippen molar-refractivity contribution in [1.29, 1.82) is 0 Å². The van der Waals surface area contributed by atoms with Crippen molar-refractivity contribution in [2.45, 2.75) is 32.7 Å². The molecule has 2 N–H and O–H groups in total. The highest BCUT2D eigenvalue weighted by atomic mass is 35.5. The molecular weight excluding hydrogens is 301 g/mol. The van der Waals surface area contributed by atoms with E-state index in [1.54, 1.807) is 0 Å². The van der Waals surface area contributed by atoms with Gasteiger partial charge in [0.15, 0.2) is 0 Å². The number of nitrogens with one attached hydrogen (secondary N) is 2. The molecule has 20 heavy (non-hydrogen) atoms. The largest absolute Gasteiger partial charge is 0.354 e. The maximum Gasteiger partial charge on any atom is 0.271 e. The van der Waals surface area contributed by atoms with Crippen LogP contribution in [0.15, 0.2) is 12.1 Å². The monoisotopic (exact) mass is 317 g/mol. The molecule has 0 radical (unpaired) electrons. The average Bonchev–Trinajstić information content (AvgIpc) is 2.41. The average molecular weight is 318 g/mol. The van der Waals surface area contributed by atoms with Gasteiger partial charge in [0.05, 0.1) is 5.02 Å². The Bertz CT molecular complexity index is 495. The maximum absolute atomic E-state index is 11.8. The molecule has 0 saturated heterocycles. The number of pyridine rings is 1. The van der Waals surface area contributed by atoms with Gasteiger partial charge in [0.25, 0.3) is 5.91 Å². The first-order valence-electron chi connectivity index (χ1n) is 6.33. The molecule has 0 aliphatic rings. The van der Waals surface area contributed by atoms with Crippen LogP contribution in [0.3, 0.4) is 0 Å². The standard InChI is InChI=1S/C13H17Cl2N3O2/c1-3-8(2)17-11(19)6-7-16-13(20)12-9(14)4-5-10(15)18-12/h4-5,8H,3,6-7H2,1-2H3,(H,16,20)(H,17,19). The summed E-state index contributed by atoms with van der Waals surface area (Å²) in [4.78, 5) is 27.2. The van der Waals surface area contributed by atoms with E-state index in [1.807, 2.05) is 13.8 Å². The Morgan fingerprint density at radius 1 is 1.35 bits per heavy atom. The van der Waals surface area contributed by atoms with E-state index in [9.17, 15) is 9.59 Å². The van der Waals surface area contributed by atoms with Gasteiger partial charge < -0.3 is 10.6 Å². The Hall–Kier alpha value is -1.33. The summed E-state index contributed by atoms with van der Waals surface area (Å²) >= 11 is 11.6. The van der Waals surface area contributed by atoms with Gasteiger partial charge in [-0.1, -0.05) is 30.1 Å². The van der Waals surface area contributed by atoms with E-state index in [0.29, 0.717) is 0 Å². The van der Waals surface area contributed by atoms with Gasteiger partial charge in [0.1, 0.15) is 10.8 Å². The van der Waals surface area contributed by atoms with E-state index in [1.165, 1.54) is 12.1 Å². The minimum absolute atomic E-state index is 0.0569.